The average Bonchev–Trinajstić information content (AvgIpc) is 3.13. The van der Waals surface area contributed by atoms with E-state index in [1.165, 1.54) is 0 Å². The molecule has 0 fully saturated rings. The first-order chi connectivity index (χ1) is 13.1. The third-order valence-electron chi connectivity index (χ3n) is 3.88. The van der Waals surface area contributed by atoms with Gasteiger partial charge in [-0.2, -0.15) is 5.10 Å². The number of anilines is 1. The summed E-state index contributed by atoms with van der Waals surface area (Å²) in [6.07, 6.45) is 0. The van der Waals surface area contributed by atoms with Gasteiger partial charge in [-0.05, 0) is 30.7 Å². The number of hydrogen-bond donors (Lipinski definition) is 3. The first kappa shape index (κ1) is 18.2. The summed E-state index contributed by atoms with van der Waals surface area (Å²) in [4.78, 5) is 8.74. The number of aliphatic imine (C=N–C) groups is 1. The quantitative estimate of drug-likeness (QED) is 0.457. The highest BCUT2D eigenvalue weighted by molar-refractivity contribution is 5.94. The van der Waals surface area contributed by atoms with Crippen LogP contribution in [-0.4, -0.2) is 35.4 Å². The number of aryl methyl sites for hydroxylation is 1. The van der Waals surface area contributed by atoms with Crippen molar-refractivity contribution in [1.82, 2.24) is 15.2 Å². The van der Waals surface area contributed by atoms with Crippen LogP contribution in [0.5, 0.6) is 11.5 Å². The summed E-state index contributed by atoms with van der Waals surface area (Å²) in [7, 11) is 3.20. The molecule has 0 unspecified atom stereocenters. The summed E-state index contributed by atoms with van der Waals surface area (Å²) in [6.45, 7) is 2.28. The Hall–Kier alpha value is -3.55. The van der Waals surface area contributed by atoms with E-state index in [4.69, 9.17) is 15.2 Å². The molecule has 0 radical (unpaired) electrons. The van der Waals surface area contributed by atoms with Crippen LogP contribution in [0.4, 0.5) is 5.69 Å². The van der Waals surface area contributed by atoms with Crippen LogP contribution in [0.2, 0.25) is 0 Å². The van der Waals surface area contributed by atoms with Crippen molar-refractivity contribution in [2.24, 2.45) is 10.7 Å². The Kier molecular flexibility index (Phi) is 5.55. The fraction of sp³-hybridized carbons (Fsp3) is 0.211. The monoisotopic (exact) mass is 366 g/mol. The number of H-pyrrole nitrogens is 1. The molecule has 0 aliphatic carbocycles. The van der Waals surface area contributed by atoms with Crippen LogP contribution in [0, 0.1) is 6.92 Å². The zero-order valence-electron chi connectivity index (χ0n) is 15.5. The molecular formula is C19H22N6O2. The number of rotatable bonds is 6. The number of nitrogens with two attached hydrogens (primary N) is 1. The minimum absolute atomic E-state index is 0.278. The molecule has 1 aromatic heterocycles. The van der Waals surface area contributed by atoms with E-state index in [-0.39, 0.29) is 5.96 Å². The van der Waals surface area contributed by atoms with Crippen molar-refractivity contribution in [3.63, 3.8) is 0 Å². The second-order valence-electron chi connectivity index (χ2n) is 5.84. The van der Waals surface area contributed by atoms with Gasteiger partial charge >= 0.3 is 0 Å². The number of nitrogens with zero attached hydrogens (tertiary/aromatic N) is 3. The maximum Gasteiger partial charge on any atom is 0.193 e. The largest absolute Gasteiger partial charge is 0.497 e. The molecule has 4 N–H and O–H groups in total. The lowest BCUT2D eigenvalue weighted by atomic mass is 10.1. The summed E-state index contributed by atoms with van der Waals surface area (Å²) >= 11 is 0. The van der Waals surface area contributed by atoms with Gasteiger partial charge in [0.15, 0.2) is 11.8 Å². The highest BCUT2D eigenvalue weighted by atomic mass is 16.5. The number of methoxy groups -OCH3 is 2. The second-order valence-corrected chi connectivity index (χ2v) is 5.84. The average molecular weight is 366 g/mol. The van der Waals surface area contributed by atoms with Crippen molar-refractivity contribution in [2.75, 3.05) is 19.5 Å². The van der Waals surface area contributed by atoms with Crippen molar-refractivity contribution in [3.8, 4) is 22.9 Å². The standard InChI is InChI=1S/C19H22N6O2/c1-12-22-18(25-24-12)14-6-4-5-13(9-14)11-21-19(20)23-16-10-15(26-2)7-8-17(16)27-3/h4-10H,11H2,1-3H3,(H3,20,21,23)(H,22,24,25). The lowest BCUT2D eigenvalue weighted by molar-refractivity contribution is 0.405. The summed E-state index contributed by atoms with van der Waals surface area (Å²) in [5, 5.41) is 10.1. The van der Waals surface area contributed by atoms with E-state index < -0.39 is 0 Å². The maximum atomic E-state index is 6.03. The van der Waals surface area contributed by atoms with Gasteiger partial charge < -0.3 is 20.5 Å². The van der Waals surface area contributed by atoms with Gasteiger partial charge in [-0.1, -0.05) is 18.2 Å². The molecule has 0 amide bonds. The minimum Gasteiger partial charge on any atom is -0.497 e. The Morgan fingerprint density at radius 3 is 2.74 bits per heavy atom. The molecule has 0 atom stereocenters. The number of aromatic nitrogens is 3. The Balaban J connectivity index is 1.73. The van der Waals surface area contributed by atoms with E-state index in [0.717, 1.165) is 17.0 Å². The van der Waals surface area contributed by atoms with E-state index in [1.807, 2.05) is 37.3 Å². The number of ether oxygens (including phenoxy) is 2. The van der Waals surface area contributed by atoms with Gasteiger partial charge in [0, 0.05) is 11.6 Å². The van der Waals surface area contributed by atoms with Gasteiger partial charge in [0.25, 0.3) is 0 Å². The molecule has 140 valence electrons. The van der Waals surface area contributed by atoms with Gasteiger partial charge in [0.2, 0.25) is 0 Å². The van der Waals surface area contributed by atoms with Gasteiger partial charge in [-0.3, -0.25) is 5.10 Å². The topological polar surface area (TPSA) is 110 Å². The van der Waals surface area contributed by atoms with Gasteiger partial charge in [-0.25, -0.2) is 9.98 Å². The van der Waals surface area contributed by atoms with Crippen molar-refractivity contribution < 1.29 is 9.47 Å². The summed E-state index contributed by atoms with van der Waals surface area (Å²) in [5.74, 6) is 3.05. The zero-order valence-corrected chi connectivity index (χ0v) is 15.5. The molecule has 8 nitrogen and oxygen atoms in total. The molecule has 0 bridgehead atoms. The maximum absolute atomic E-state index is 6.03. The van der Waals surface area contributed by atoms with E-state index in [9.17, 15) is 0 Å². The lowest BCUT2D eigenvalue weighted by Crippen LogP contribution is -2.23. The number of benzene rings is 2. The molecule has 0 spiro atoms. The van der Waals surface area contributed by atoms with E-state index in [0.29, 0.717) is 29.6 Å². The molecule has 0 aliphatic rings. The molecule has 27 heavy (non-hydrogen) atoms. The number of guanidine groups is 1. The van der Waals surface area contributed by atoms with E-state index >= 15 is 0 Å². The van der Waals surface area contributed by atoms with Crippen molar-refractivity contribution in [3.05, 3.63) is 53.9 Å². The predicted molar refractivity (Wildman–Crippen MR) is 105 cm³/mol. The molecule has 8 heteroatoms. The molecule has 0 saturated carbocycles. The molecule has 0 aliphatic heterocycles. The Morgan fingerprint density at radius 1 is 1.19 bits per heavy atom. The highest BCUT2D eigenvalue weighted by Crippen LogP contribution is 2.28. The van der Waals surface area contributed by atoms with Crippen LogP contribution in [0.3, 0.4) is 0 Å². The number of hydrogen-bond acceptors (Lipinski definition) is 5. The van der Waals surface area contributed by atoms with Gasteiger partial charge in [0.1, 0.15) is 17.3 Å². The molecule has 1 heterocycles. The van der Waals surface area contributed by atoms with Crippen LogP contribution in [0.25, 0.3) is 11.4 Å². The fourth-order valence-corrected chi connectivity index (χ4v) is 2.55. The van der Waals surface area contributed by atoms with Crippen molar-refractivity contribution in [1.29, 1.82) is 0 Å². The molecule has 3 rings (SSSR count). The van der Waals surface area contributed by atoms with Crippen LogP contribution in [0.1, 0.15) is 11.4 Å². The van der Waals surface area contributed by atoms with E-state index in [1.54, 1.807) is 26.4 Å². The third kappa shape index (κ3) is 4.55. The molecule has 3 aromatic rings. The van der Waals surface area contributed by atoms with Gasteiger partial charge in [-0.15, -0.1) is 0 Å². The first-order valence-electron chi connectivity index (χ1n) is 8.36. The number of nitrogens with one attached hydrogen (secondary N) is 2. The Labute approximate surface area is 157 Å². The van der Waals surface area contributed by atoms with Crippen molar-refractivity contribution >= 4 is 11.6 Å². The summed E-state index contributed by atoms with van der Waals surface area (Å²) < 4.78 is 10.6. The lowest BCUT2D eigenvalue weighted by Gasteiger charge is -2.12. The molecular weight excluding hydrogens is 344 g/mol. The Bertz CT molecular complexity index is 951. The van der Waals surface area contributed by atoms with Crippen molar-refractivity contribution in [2.45, 2.75) is 13.5 Å². The molecule has 0 saturated heterocycles. The van der Waals surface area contributed by atoms with Crippen LogP contribution in [-0.2, 0) is 6.54 Å². The normalized spacial score (nSPS) is 11.3. The summed E-state index contributed by atoms with van der Waals surface area (Å²) in [6, 6.07) is 13.3. The minimum atomic E-state index is 0.278. The highest BCUT2D eigenvalue weighted by Gasteiger charge is 2.07. The van der Waals surface area contributed by atoms with Crippen LogP contribution < -0.4 is 20.5 Å². The summed E-state index contributed by atoms with van der Waals surface area (Å²) in [5.41, 5.74) is 8.64. The predicted octanol–water partition coefficient (Wildman–Crippen LogP) is 2.72. The second kappa shape index (κ2) is 8.22. The van der Waals surface area contributed by atoms with Gasteiger partial charge in [0.05, 0.1) is 26.5 Å². The fourth-order valence-electron chi connectivity index (χ4n) is 2.55. The number of aromatic amines is 1. The third-order valence-corrected chi connectivity index (χ3v) is 3.88. The smallest absolute Gasteiger partial charge is 0.193 e. The first-order valence-corrected chi connectivity index (χ1v) is 8.36. The zero-order chi connectivity index (χ0) is 19.2. The SMILES string of the molecule is COc1ccc(OC)c(NC(N)=NCc2cccc(-c3n[nH]c(C)n3)c2)c1. The van der Waals surface area contributed by atoms with Crippen LogP contribution >= 0.6 is 0 Å². The Morgan fingerprint density at radius 2 is 2.04 bits per heavy atom. The van der Waals surface area contributed by atoms with Crippen LogP contribution in [0.15, 0.2) is 47.5 Å². The molecule has 2 aromatic carbocycles. The van der Waals surface area contributed by atoms with E-state index in [2.05, 4.69) is 25.5 Å².